The molecule has 20 aromatic rings. The highest BCUT2D eigenvalue weighted by molar-refractivity contribution is 6.40. The maximum absolute atomic E-state index is 6.08. The molecule has 490 valence electrons. The molecule has 12 heteroatoms. The van der Waals surface area contributed by atoms with Crippen LogP contribution in [0.1, 0.15) is 52.7 Å². The highest BCUT2D eigenvalue weighted by atomic mass is 15.0. The second kappa shape index (κ2) is 23.1. The fourth-order valence-corrected chi connectivity index (χ4v) is 15.2. The molecule has 0 aliphatic carbocycles. The van der Waals surface area contributed by atoms with Crippen molar-refractivity contribution in [3.8, 4) is 90.1 Å². The van der Waals surface area contributed by atoms with E-state index in [9.17, 15) is 0 Å². The minimum Gasteiger partial charge on any atom is -0.241 e. The zero-order valence-electron chi connectivity index (χ0n) is 57.8. The Morgan fingerprint density at radius 3 is 0.433 bits per heavy atom. The molecule has 6 heterocycles. The minimum absolute atomic E-state index is 0.379. The lowest BCUT2D eigenvalue weighted by molar-refractivity contribution is 0.591. The van der Waals surface area contributed by atoms with E-state index >= 15 is 0 Å². The van der Waals surface area contributed by atoms with E-state index in [2.05, 4.69) is 163 Å². The summed E-state index contributed by atoms with van der Waals surface area (Å²) in [6, 6.07) is 91.6. The van der Waals surface area contributed by atoms with Gasteiger partial charge in [-0.2, -0.15) is 0 Å². The van der Waals surface area contributed by atoms with Crippen molar-refractivity contribution in [1.29, 1.82) is 0 Å². The molecule has 0 aliphatic rings. The van der Waals surface area contributed by atoms with Gasteiger partial charge in [0.1, 0.15) is 66.2 Å². The smallest absolute Gasteiger partial charge is 0.120 e. The molecule has 0 unspecified atom stereocenters. The molecular weight excluding hydrogens is 1270 g/mol. The number of hydrogen-bond acceptors (Lipinski definition) is 12. The van der Waals surface area contributed by atoms with Crippen LogP contribution in [-0.4, -0.2) is 59.8 Å². The van der Waals surface area contributed by atoms with Gasteiger partial charge in [-0.25, -0.2) is 59.8 Å². The number of aromatic nitrogens is 12. The summed E-state index contributed by atoms with van der Waals surface area (Å²) < 4.78 is 0. The fraction of sp³-hybridized carbons (Fsp3) is 0.0870. The van der Waals surface area contributed by atoms with E-state index in [4.69, 9.17) is 59.8 Å². The molecule has 0 aliphatic heterocycles. The quantitative estimate of drug-likeness (QED) is 0.105. The minimum atomic E-state index is -0.379. The molecule has 14 aromatic carbocycles. The Labute approximate surface area is 597 Å². The van der Waals surface area contributed by atoms with Crippen LogP contribution in [0, 0.1) is 0 Å². The van der Waals surface area contributed by atoms with Gasteiger partial charge in [0.2, 0.25) is 0 Å². The Morgan fingerprint density at radius 1 is 0.163 bits per heavy atom. The maximum Gasteiger partial charge on any atom is 0.120 e. The van der Waals surface area contributed by atoms with E-state index in [-0.39, 0.29) is 10.8 Å². The van der Waals surface area contributed by atoms with Gasteiger partial charge in [-0.3, -0.25) is 0 Å². The summed E-state index contributed by atoms with van der Waals surface area (Å²) in [6.45, 7) is 13.6. The van der Waals surface area contributed by atoms with Crippen LogP contribution in [0.15, 0.2) is 267 Å². The highest BCUT2D eigenvalue weighted by Gasteiger charge is 2.32. The third-order valence-electron chi connectivity index (χ3n) is 20.4. The first-order valence-electron chi connectivity index (χ1n) is 35.2. The number of hydrogen-bond donors (Lipinski definition) is 0. The van der Waals surface area contributed by atoms with Crippen LogP contribution in [0.5, 0.6) is 0 Å². The third-order valence-corrected chi connectivity index (χ3v) is 20.4. The first kappa shape index (κ1) is 60.6. The lowest BCUT2D eigenvalue weighted by Gasteiger charge is -2.25. The van der Waals surface area contributed by atoms with Crippen LogP contribution >= 0.6 is 0 Å². The molecule has 0 amide bonds. The first-order valence-corrected chi connectivity index (χ1v) is 35.2. The molecule has 0 N–H and O–H groups in total. The highest BCUT2D eigenvalue weighted by Crippen LogP contribution is 2.50. The summed E-state index contributed by atoms with van der Waals surface area (Å²) in [5.74, 6) is 0. The first-order chi connectivity index (χ1) is 50.8. The van der Waals surface area contributed by atoms with Gasteiger partial charge in [0, 0.05) is 76.8 Å². The molecule has 12 nitrogen and oxygen atoms in total. The van der Waals surface area contributed by atoms with Crippen LogP contribution in [0.25, 0.3) is 211 Å². The van der Waals surface area contributed by atoms with Crippen molar-refractivity contribution < 1.29 is 0 Å². The van der Waals surface area contributed by atoms with Gasteiger partial charge in [0.15, 0.2) is 0 Å². The van der Waals surface area contributed by atoms with Gasteiger partial charge in [-0.1, -0.05) is 284 Å². The zero-order valence-corrected chi connectivity index (χ0v) is 57.8. The summed E-state index contributed by atoms with van der Waals surface area (Å²) >= 11 is 0. The Hall–Kier alpha value is -13.3. The molecule has 0 radical (unpaired) electrons. The molecule has 0 fully saturated rings. The molecule has 6 aromatic heterocycles. The van der Waals surface area contributed by atoms with Crippen LogP contribution in [-0.2, 0) is 10.8 Å². The molecule has 0 bridgehead atoms. The SMILES string of the molecule is CC(C)(C)c1cc2c3nc4c5nc(-c6ccccc6)c(-c6ccccc6)nc5c5nc(-c6ccccc6)c(-c6ccccc6)nc5c4nc3c3cc(C(C)(C)C)cc4c5nc6c7nc(-c8ccccc8)c(-c8ccccc8)nc7c7nc(-c8ccccc8)c(-c8ccccc8)nc7c6nc5c(c1)c2c34. The topological polar surface area (TPSA) is 155 Å². The monoisotopic (exact) mass is 1330 g/mol. The van der Waals surface area contributed by atoms with Crippen molar-refractivity contribution in [2.75, 3.05) is 0 Å². The van der Waals surface area contributed by atoms with E-state index in [0.29, 0.717) is 134 Å². The van der Waals surface area contributed by atoms with Crippen molar-refractivity contribution in [3.63, 3.8) is 0 Å². The number of nitrogens with zero attached hydrogens (tertiary/aromatic N) is 12. The Bertz CT molecular complexity index is 6100. The Kier molecular flexibility index (Phi) is 13.5. The predicted molar refractivity (Wildman–Crippen MR) is 425 cm³/mol. The summed E-state index contributed by atoms with van der Waals surface area (Å²) in [5.41, 5.74) is 23.8. The van der Waals surface area contributed by atoms with Crippen LogP contribution in [0.2, 0.25) is 0 Å². The summed E-state index contributed by atoms with van der Waals surface area (Å²) in [4.78, 5) is 70.5. The Balaban J connectivity index is 0.995. The number of fused-ring (bicyclic) bond motifs is 18. The van der Waals surface area contributed by atoms with Gasteiger partial charge >= 0.3 is 0 Å². The fourth-order valence-electron chi connectivity index (χ4n) is 15.2. The van der Waals surface area contributed by atoms with E-state index in [1.165, 1.54) is 0 Å². The van der Waals surface area contributed by atoms with E-state index in [1.54, 1.807) is 0 Å². The third kappa shape index (κ3) is 9.59. The second-order valence-corrected chi connectivity index (χ2v) is 29.0. The molecule has 0 atom stereocenters. The number of benzene rings is 14. The molecule has 104 heavy (non-hydrogen) atoms. The van der Waals surface area contributed by atoms with Gasteiger partial charge in [-0.15, -0.1) is 0 Å². The average molecular weight is 1340 g/mol. The Morgan fingerprint density at radius 2 is 0.298 bits per heavy atom. The molecular formula is C92H62N12. The van der Waals surface area contributed by atoms with E-state index < -0.39 is 0 Å². The molecule has 0 saturated heterocycles. The normalized spacial score (nSPS) is 12.3. The van der Waals surface area contributed by atoms with Crippen LogP contribution < -0.4 is 0 Å². The van der Waals surface area contributed by atoms with Gasteiger partial charge in [0.25, 0.3) is 0 Å². The van der Waals surface area contributed by atoms with Gasteiger partial charge in [-0.05, 0) is 46.2 Å². The van der Waals surface area contributed by atoms with Gasteiger partial charge in [0.05, 0.1) is 67.6 Å². The largest absolute Gasteiger partial charge is 0.241 e. The van der Waals surface area contributed by atoms with Crippen LogP contribution in [0.4, 0.5) is 0 Å². The van der Waals surface area contributed by atoms with Crippen molar-refractivity contribution in [3.05, 3.63) is 278 Å². The van der Waals surface area contributed by atoms with E-state index in [0.717, 1.165) is 88.0 Å². The predicted octanol–water partition coefficient (Wildman–Crippen LogP) is 22.5. The van der Waals surface area contributed by atoms with Crippen molar-refractivity contribution in [2.45, 2.75) is 52.4 Å². The summed E-state index contributed by atoms with van der Waals surface area (Å²) in [7, 11) is 0. The van der Waals surface area contributed by atoms with E-state index in [1.807, 2.05) is 146 Å². The lowest BCUT2D eigenvalue weighted by Crippen LogP contribution is -2.12. The summed E-state index contributed by atoms with van der Waals surface area (Å²) in [6.07, 6.45) is 0. The second-order valence-electron chi connectivity index (χ2n) is 29.0. The van der Waals surface area contributed by atoms with Crippen LogP contribution in [0.3, 0.4) is 0 Å². The molecule has 20 rings (SSSR count). The molecule has 0 saturated carbocycles. The van der Waals surface area contributed by atoms with Crippen molar-refractivity contribution in [2.24, 2.45) is 0 Å². The maximum atomic E-state index is 6.08. The number of rotatable bonds is 8. The molecule has 0 spiro atoms. The van der Waals surface area contributed by atoms with Gasteiger partial charge < -0.3 is 0 Å². The lowest BCUT2D eigenvalue weighted by atomic mass is 9.80. The standard InChI is InChI=1S/C92H62N12/c1-91(2,3)59-47-61-65-62(48-59)76-78(104-90-86-82(96-70(54-37-21-10-22-38-54)74(100-86)58-45-29-14-30-46-58)80-84(88(90)102-76)98-72(56-41-25-12-26-42-56)68(94-80)52-33-17-8-18-34-52)64-50-60(92(4,5)6)49-63(66(64)65)77-75(61)101-87-83-79(93-67(51-31-15-7-16-32-51)71(97-83)55-39-23-11-24-40-55)81-85(89(87)103-77)99-73(57-43-27-13-28-44-57)69(95-81)53-35-19-9-20-36-53/h7-50H,1-6H3. The van der Waals surface area contributed by atoms with Crippen molar-refractivity contribution >= 4 is 121 Å². The zero-order chi connectivity index (χ0) is 69.7. The summed E-state index contributed by atoms with van der Waals surface area (Å²) in [5, 5.41) is 5.63. The van der Waals surface area contributed by atoms with Crippen molar-refractivity contribution in [1.82, 2.24) is 59.8 Å². The average Bonchev–Trinajstić information content (AvgIpc) is 0.684.